The molecule has 0 aromatic rings. The summed E-state index contributed by atoms with van der Waals surface area (Å²) in [6.45, 7) is 7.67. The molecule has 15 heavy (non-hydrogen) atoms. The van der Waals surface area contributed by atoms with Gasteiger partial charge in [-0.2, -0.15) is 5.26 Å². The molecule has 0 saturated carbocycles. The molecule has 2 atom stereocenters. The van der Waals surface area contributed by atoms with Gasteiger partial charge in [0, 0.05) is 12.1 Å². The largest absolute Gasteiger partial charge is 0.353 e. The third-order valence-corrected chi connectivity index (χ3v) is 2.14. The van der Waals surface area contributed by atoms with Crippen molar-refractivity contribution < 1.29 is 4.79 Å². The van der Waals surface area contributed by atoms with Crippen LogP contribution in [0.15, 0.2) is 0 Å². The molecule has 2 unspecified atom stereocenters. The lowest BCUT2D eigenvalue weighted by Gasteiger charge is -2.20. The van der Waals surface area contributed by atoms with Crippen molar-refractivity contribution in [3.8, 4) is 6.07 Å². The zero-order valence-corrected chi connectivity index (χ0v) is 10.0. The number of amides is 1. The topological polar surface area (TPSA) is 64.9 Å². The minimum absolute atomic E-state index is 0.0126. The third-order valence-electron chi connectivity index (χ3n) is 2.14. The molecular formula is C11H21N3O. The number of nitriles is 1. The Morgan fingerprint density at radius 1 is 1.40 bits per heavy atom. The van der Waals surface area contributed by atoms with E-state index in [4.69, 9.17) is 5.26 Å². The van der Waals surface area contributed by atoms with Gasteiger partial charge in [-0.25, -0.2) is 0 Å². The Hall–Kier alpha value is -1.08. The quantitative estimate of drug-likeness (QED) is 0.693. The summed E-state index contributed by atoms with van der Waals surface area (Å²) in [5.74, 6) is -0.0126. The second-order valence-electron chi connectivity index (χ2n) is 4.02. The van der Waals surface area contributed by atoms with Crippen molar-refractivity contribution in [2.24, 2.45) is 0 Å². The maximum atomic E-state index is 11.6. The van der Waals surface area contributed by atoms with Crippen LogP contribution in [0.2, 0.25) is 0 Å². The van der Waals surface area contributed by atoms with Crippen molar-refractivity contribution in [2.75, 3.05) is 0 Å². The standard InChI is InChI=1S/C11H21N3O/c1-5-10(6-7-12)14-9(4)11(15)13-8(2)3/h8-10,14H,5-6H2,1-4H3,(H,13,15). The van der Waals surface area contributed by atoms with Gasteiger partial charge in [0.05, 0.1) is 18.5 Å². The van der Waals surface area contributed by atoms with Crippen LogP contribution in [-0.2, 0) is 4.79 Å². The molecule has 0 aliphatic heterocycles. The Kier molecular flexibility index (Phi) is 6.72. The summed E-state index contributed by atoms with van der Waals surface area (Å²) in [5, 5.41) is 14.5. The maximum absolute atomic E-state index is 11.6. The molecular weight excluding hydrogens is 190 g/mol. The van der Waals surface area contributed by atoms with Crippen LogP contribution in [0, 0.1) is 11.3 Å². The number of nitrogens with zero attached hydrogens (tertiary/aromatic N) is 1. The lowest BCUT2D eigenvalue weighted by molar-refractivity contribution is -0.123. The van der Waals surface area contributed by atoms with Crippen LogP contribution in [0.25, 0.3) is 0 Å². The molecule has 0 spiro atoms. The Balaban J connectivity index is 4.04. The van der Waals surface area contributed by atoms with Crippen LogP contribution in [0.3, 0.4) is 0 Å². The second kappa shape index (κ2) is 7.24. The molecule has 0 fully saturated rings. The summed E-state index contributed by atoms with van der Waals surface area (Å²) in [6, 6.07) is 2.12. The van der Waals surface area contributed by atoms with Gasteiger partial charge in [-0.3, -0.25) is 4.79 Å². The lowest BCUT2D eigenvalue weighted by atomic mass is 10.1. The zero-order valence-electron chi connectivity index (χ0n) is 10.0. The first-order chi connectivity index (χ1) is 7.01. The van der Waals surface area contributed by atoms with Crippen molar-refractivity contribution in [1.82, 2.24) is 10.6 Å². The molecule has 2 N–H and O–H groups in total. The van der Waals surface area contributed by atoms with E-state index in [1.807, 2.05) is 27.7 Å². The Labute approximate surface area is 92.0 Å². The summed E-state index contributed by atoms with van der Waals surface area (Å²) >= 11 is 0. The van der Waals surface area contributed by atoms with E-state index in [1.54, 1.807) is 0 Å². The lowest BCUT2D eigenvalue weighted by Crippen LogP contribution is -2.48. The van der Waals surface area contributed by atoms with Crippen molar-refractivity contribution in [1.29, 1.82) is 5.26 Å². The zero-order chi connectivity index (χ0) is 11.8. The molecule has 0 aromatic carbocycles. The summed E-state index contributed by atoms with van der Waals surface area (Å²) in [5.41, 5.74) is 0. The summed E-state index contributed by atoms with van der Waals surface area (Å²) in [6.07, 6.45) is 1.29. The van der Waals surface area contributed by atoms with Crippen molar-refractivity contribution in [2.45, 2.75) is 58.7 Å². The highest BCUT2D eigenvalue weighted by atomic mass is 16.2. The Morgan fingerprint density at radius 3 is 2.40 bits per heavy atom. The molecule has 0 aliphatic rings. The van der Waals surface area contributed by atoms with Gasteiger partial charge in [0.25, 0.3) is 0 Å². The van der Waals surface area contributed by atoms with E-state index >= 15 is 0 Å². The van der Waals surface area contributed by atoms with Gasteiger partial charge < -0.3 is 10.6 Å². The molecule has 0 aromatic heterocycles. The Morgan fingerprint density at radius 2 is 2.00 bits per heavy atom. The number of carbonyl (C=O) groups is 1. The van der Waals surface area contributed by atoms with E-state index in [1.165, 1.54) is 0 Å². The van der Waals surface area contributed by atoms with Gasteiger partial charge in [-0.15, -0.1) is 0 Å². The van der Waals surface area contributed by atoms with Gasteiger partial charge >= 0.3 is 0 Å². The average Bonchev–Trinajstić information content (AvgIpc) is 2.15. The Bertz CT molecular complexity index is 232. The summed E-state index contributed by atoms with van der Waals surface area (Å²) in [4.78, 5) is 11.6. The normalized spacial score (nSPS) is 14.4. The van der Waals surface area contributed by atoms with Gasteiger partial charge in [0.2, 0.25) is 5.91 Å². The average molecular weight is 211 g/mol. The highest BCUT2D eigenvalue weighted by molar-refractivity contribution is 5.81. The van der Waals surface area contributed by atoms with Crippen LogP contribution in [0.4, 0.5) is 0 Å². The van der Waals surface area contributed by atoms with Crippen molar-refractivity contribution in [3.05, 3.63) is 0 Å². The second-order valence-corrected chi connectivity index (χ2v) is 4.02. The molecule has 1 amide bonds. The van der Waals surface area contributed by atoms with E-state index in [0.29, 0.717) is 6.42 Å². The number of rotatable bonds is 6. The summed E-state index contributed by atoms with van der Waals surface area (Å²) in [7, 11) is 0. The molecule has 4 heteroatoms. The maximum Gasteiger partial charge on any atom is 0.237 e. The predicted octanol–water partition coefficient (Wildman–Crippen LogP) is 1.18. The van der Waals surface area contributed by atoms with E-state index in [9.17, 15) is 4.79 Å². The molecule has 0 radical (unpaired) electrons. The smallest absolute Gasteiger partial charge is 0.237 e. The molecule has 0 aliphatic carbocycles. The van der Waals surface area contributed by atoms with Crippen LogP contribution >= 0.6 is 0 Å². The number of hydrogen-bond donors (Lipinski definition) is 2. The first-order valence-corrected chi connectivity index (χ1v) is 5.44. The molecule has 0 rings (SSSR count). The number of hydrogen-bond acceptors (Lipinski definition) is 3. The third kappa shape index (κ3) is 6.08. The first-order valence-electron chi connectivity index (χ1n) is 5.44. The van der Waals surface area contributed by atoms with Crippen LogP contribution in [-0.4, -0.2) is 24.0 Å². The van der Waals surface area contributed by atoms with E-state index in [0.717, 1.165) is 6.42 Å². The fourth-order valence-electron chi connectivity index (χ4n) is 1.27. The monoisotopic (exact) mass is 211 g/mol. The highest BCUT2D eigenvalue weighted by Gasteiger charge is 2.16. The van der Waals surface area contributed by atoms with Crippen LogP contribution in [0.5, 0.6) is 0 Å². The van der Waals surface area contributed by atoms with E-state index in [2.05, 4.69) is 16.7 Å². The minimum Gasteiger partial charge on any atom is -0.353 e. The van der Waals surface area contributed by atoms with Crippen LogP contribution in [0.1, 0.15) is 40.5 Å². The molecule has 0 saturated heterocycles. The fourth-order valence-corrected chi connectivity index (χ4v) is 1.27. The highest BCUT2D eigenvalue weighted by Crippen LogP contribution is 1.98. The molecule has 86 valence electrons. The first kappa shape index (κ1) is 13.9. The molecule has 0 bridgehead atoms. The molecule has 0 heterocycles. The van der Waals surface area contributed by atoms with Gasteiger partial charge in [0.1, 0.15) is 0 Å². The van der Waals surface area contributed by atoms with Gasteiger partial charge in [0.15, 0.2) is 0 Å². The minimum atomic E-state index is -0.245. The number of nitrogens with one attached hydrogen (secondary N) is 2. The van der Waals surface area contributed by atoms with E-state index < -0.39 is 0 Å². The molecule has 4 nitrogen and oxygen atoms in total. The predicted molar refractivity (Wildman–Crippen MR) is 60.2 cm³/mol. The summed E-state index contributed by atoms with van der Waals surface area (Å²) < 4.78 is 0. The van der Waals surface area contributed by atoms with E-state index in [-0.39, 0.29) is 24.0 Å². The van der Waals surface area contributed by atoms with Gasteiger partial charge in [-0.1, -0.05) is 6.92 Å². The van der Waals surface area contributed by atoms with Gasteiger partial charge in [-0.05, 0) is 27.2 Å². The fraction of sp³-hybridized carbons (Fsp3) is 0.818. The SMILES string of the molecule is CCC(CC#N)NC(C)C(=O)NC(C)C. The van der Waals surface area contributed by atoms with Crippen LogP contribution < -0.4 is 10.6 Å². The van der Waals surface area contributed by atoms with Crippen molar-refractivity contribution >= 4 is 5.91 Å². The number of carbonyl (C=O) groups excluding carboxylic acids is 1. The van der Waals surface area contributed by atoms with Crippen molar-refractivity contribution in [3.63, 3.8) is 0 Å².